The van der Waals surface area contributed by atoms with E-state index in [-0.39, 0.29) is 6.03 Å². The summed E-state index contributed by atoms with van der Waals surface area (Å²) in [4.78, 5) is 16.6. The van der Waals surface area contributed by atoms with Crippen LogP contribution in [0.25, 0.3) is 5.69 Å². The minimum Gasteiger partial charge on any atom is -0.326 e. The van der Waals surface area contributed by atoms with Gasteiger partial charge in [0, 0.05) is 17.3 Å². The molecule has 0 aliphatic carbocycles. The fourth-order valence-corrected chi connectivity index (χ4v) is 3.01. The maximum absolute atomic E-state index is 12.3. The maximum Gasteiger partial charge on any atom is 0.320 e. The lowest BCUT2D eigenvalue weighted by Crippen LogP contribution is -2.45. The van der Waals surface area contributed by atoms with E-state index in [1.807, 2.05) is 31.4 Å². The summed E-state index contributed by atoms with van der Waals surface area (Å²) < 4.78 is 1.54. The fourth-order valence-electron chi connectivity index (χ4n) is 2.18. The zero-order chi connectivity index (χ0) is 17.0. The molecule has 124 valence electrons. The Balaban J connectivity index is 1.66. The predicted octanol–water partition coefficient (Wildman–Crippen LogP) is 2.57. The van der Waals surface area contributed by atoms with Crippen molar-refractivity contribution in [3.8, 4) is 5.69 Å². The highest BCUT2D eigenvalue weighted by molar-refractivity contribution is 7.09. The van der Waals surface area contributed by atoms with Crippen LogP contribution in [0.15, 0.2) is 42.2 Å². The lowest BCUT2D eigenvalue weighted by Gasteiger charge is -2.27. The molecule has 0 saturated carbocycles. The van der Waals surface area contributed by atoms with Crippen LogP contribution in [0, 0.1) is 0 Å². The average molecular weight is 343 g/mol. The van der Waals surface area contributed by atoms with Gasteiger partial charge in [-0.2, -0.15) is 0 Å². The maximum atomic E-state index is 12.3. The number of tetrazole rings is 1. The number of carbonyl (C=O) groups excluding carboxylic acids is 1. The first-order chi connectivity index (χ1) is 11.6. The molecule has 2 N–H and O–H groups in total. The second-order valence-corrected chi connectivity index (χ2v) is 6.30. The summed E-state index contributed by atoms with van der Waals surface area (Å²) >= 11 is 1.53. The molecule has 2 heterocycles. The molecule has 0 fully saturated rings. The van der Waals surface area contributed by atoms with Crippen molar-refractivity contribution in [1.82, 2.24) is 30.5 Å². The molecule has 0 saturated heterocycles. The smallest absolute Gasteiger partial charge is 0.320 e. The normalized spacial score (nSPS) is 13.2. The van der Waals surface area contributed by atoms with Gasteiger partial charge in [-0.15, -0.1) is 16.4 Å². The van der Waals surface area contributed by atoms with Gasteiger partial charge in [0.2, 0.25) is 0 Å². The van der Waals surface area contributed by atoms with Crippen molar-refractivity contribution in [3.63, 3.8) is 0 Å². The highest BCUT2D eigenvalue weighted by Crippen LogP contribution is 2.26. The van der Waals surface area contributed by atoms with E-state index in [1.165, 1.54) is 17.7 Å². The van der Waals surface area contributed by atoms with E-state index in [0.717, 1.165) is 17.1 Å². The number of urea groups is 1. The monoisotopic (exact) mass is 343 g/mol. The third-order valence-corrected chi connectivity index (χ3v) is 4.78. The van der Waals surface area contributed by atoms with E-state index in [9.17, 15) is 4.79 Å². The molecule has 0 aliphatic heterocycles. The van der Waals surface area contributed by atoms with Gasteiger partial charge in [-0.1, -0.05) is 6.92 Å². The number of amides is 2. The van der Waals surface area contributed by atoms with Crippen molar-refractivity contribution in [1.29, 1.82) is 0 Å². The number of hydrogen-bond acceptors (Lipinski definition) is 6. The lowest BCUT2D eigenvalue weighted by atomic mass is 10.0. The first-order valence-corrected chi connectivity index (χ1v) is 8.31. The highest BCUT2D eigenvalue weighted by Gasteiger charge is 2.29. The lowest BCUT2D eigenvalue weighted by molar-refractivity contribution is 0.238. The van der Waals surface area contributed by atoms with Crippen LogP contribution in [0.5, 0.6) is 0 Å². The average Bonchev–Trinajstić information content (AvgIpc) is 3.29. The van der Waals surface area contributed by atoms with Gasteiger partial charge in [-0.3, -0.25) is 0 Å². The summed E-state index contributed by atoms with van der Waals surface area (Å²) in [5.74, 6) is 0. The van der Waals surface area contributed by atoms with Crippen molar-refractivity contribution in [3.05, 3.63) is 47.2 Å². The second kappa shape index (κ2) is 6.75. The topological polar surface area (TPSA) is 97.6 Å². The van der Waals surface area contributed by atoms with Crippen molar-refractivity contribution < 1.29 is 4.79 Å². The zero-order valence-electron chi connectivity index (χ0n) is 13.3. The molecular formula is C15H17N7OS. The number of carbonyl (C=O) groups is 1. The summed E-state index contributed by atoms with van der Waals surface area (Å²) in [7, 11) is 0. The summed E-state index contributed by atoms with van der Waals surface area (Å²) in [5.41, 5.74) is 0.999. The molecule has 1 aromatic carbocycles. The second-order valence-electron chi connectivity index (χ2n) is 5.40. The number of hydrogen-bond donors (Lipinski definition) is 2. The Morgan fingerprint density at radius 3 is 2.71 bits per heavy atom. The van der Waals surface area contributed by atoms with Crippen LogP contribution < -0.4 is 10.6 Å². The van der Waals surface area contributed by atoms with Gasteiger partial charge in [-0.05, 0) is 48.0 Å². The Kier molecular flexibility index (Phi) is 4.52. The predicted molar refractivity (Wildman–Crippen MR) is 91.1 cm³/mol. The third kappa shape index (κ3) is 3.40. The Hall–Kier alpha value is -2.81. The molecule has 3 aromatic rings. The summed E-state index contributed by atoms with van der Waals surface area (Å²) in [6.07, 6.45) is 3.99. The highest BCUT2D eigenvalue weighted by atomic mass is 32.1. The third-order valence-electron chi connectivity index (χ3n) is 3.74. The molecule has 0 radical (unpaired) electrons. The van der Waals surface area contributed by atoms with E-state index in [2.05, 4.69) is 31.1 Å². The number of thiazole rings is 1. The molecule has 0 aliphatic rings. The van der Waals surface area contributed by atoms with Crippen LogP contribution in [0.2, 0.25) is 0 Å². The minimum absolute atomic E-state index is 0.273. The standard InChI is InChI=1S/C15H17N7OS/c1-3-15(2,13-16-8-9-24-13)19-14(23)18-11-4-6-12(7-5-11)22-10-17-20-21-22/h4-10H,3H2,1-2H3,(H2,18,19,23)/t15-/m0/s1. The Morgan fingerprint density at radius 2 is 2.12 bits per heavy atom. The van der Waals surface area contributed by atoms with Crippen LogP contribution in [-0.4, -0.2) is 31.2 Å². The molecule has 2 amide bonds. The van der Waals surface area contributed by atoms with Gasteiger partial charge in [0.25, 0.3) is 0 Å². The number of anilines is 1. The summed E-state index contributed by atoms with van der Waals surface area (Å²) in [6.45, 7) is 3.98. The van der Waals surface area contributed by atoms with Crippen molar-refractivity contribution in [2.75, 3.05) is 5.32 Å². The van der Waals surface area contributed by atoms with Gasteiger partial charge in [0.1, 0.15) is 11.3 Å². The number of nitrogens with zero attached hydrogens (tertiary/aromatic N) is 5. The molecule has 3 rings (SSSR count). The van der Waals surface area contributed by atoms with Gasteiger partial charge in [-0.25, -0.2) is 14.5 Å². The van der Waals surface area contributed by atoms with Crippen LogP contribution >= 0.6 is 11.3 Å². The van der Waals surface area contributed by atoms with E-state index in [4.69, 9.17) is 0 Å². The molecule has 1 atom stereocenters. The largest absolute Gasteiger partial charge is 0.326 e. The van der Waals surface area contributed by atoms with Crippen molar-refractivity contribution >= 4 is 23.1 Å². The molecule has 8 nitrogen and oxygen atoms in total. The summed E-state index contributed by atoms with van der Waals surface area (Å²) in [5, 5.41) is 19.6. The molecular weight excluding hydrogens is 326 g/mol. The SMILES string of the molecule is CC[C@](C)(NC(=O)Nc1ccc(-n2cnnn2)cc1)c1nccs1. The quantitative estimate of drug-likeness (QED) is 0.742. The van der Waals surface area contributed by atoms with Gasteiger partial charge in [0.05, 0.1) is 11.2 Å². The molecule has 0 unspecified atom stereocenters. The minimum atomic E-state index is -0.495. The molecule has 0 bridgehead atoms. The Morgan fingerprint density at radius 1 is 1.33 bits per heavy atom. The number of nitrogens with one attached hydrogen (secondary N) is 2. The van der Waals surface area contributed by atoms with E-state index < -0.39 is 5.54 Å². The zero-order valence-corrected chi connectivity index (χ0v) is 14.1. The van der Waals surface area contributed by atoms with Gasteiger partial charge < -0.3 is 10.6 Å². The first-order valence-electron chi connectivity index (χ1n) is 7.43. The van der Waals surface area contributed by atoms with Gasteiger partial charge >= 0.3 is 6.03 Å². The summed E-state index contributed by atoms with van der Waals surface area (Å²) in [6, 6.07) is 6.97. The Labute approximate surface area is 142 Å². The molecule has 0 spiro atoms. The number of benzene rings is 1. The molecule has 24 heavy (non-hydrogen) atoms. The molecule has 9 heteroatoms. The van der Waals surface area contributed by atoms with E-state index >= 15 is 0 Å². The fraction of sp³-hybridized carbons (Fsp3) is 0.267. The van der Waals surface area contributed by atoms with Gasteiger partial charge in [0.15, 0.2) is 0 Å². The van der Waals surface area contributed by atoms with E-state index in [0.29, 0.717) is 5.69 Å². The van der Waals surface area contributed by atoms with Crippen LogP contribution in [0.4, 0.5) is 10.5 Å². The Bertz CT molecular complexity index is 786. The first kappa shape index (κ1) is 16.1. The number of aromatic nitrogens is 5. The van der Waals surface area contributed by atoms with Crippen molar-refractivity contribution in [2.45, 2.75) is 25.8 Å². The van der Waals surface area contributed by atoms with Crippen LogP contribution in [0.3, 0.4) is 0 Å². The molecule has 2 aromatic heterocycles. The van der Waals surface area contributed by atoms with Crippen LogP contribution in [-0.2, 0) is 5.54 Å². The van der Waals surface area contributed by atoms with Crippen molar-refractivity contribution in [2.24, 2.45) is 0 Å². The van der Waals surface area contributed by atoms with E-state index in [1.54, 1.807) is 23.0 Å². The number of rotatable bonds is 5. The van der Waals surface area contributed by atoms with Crippen LogP contribution in [0.1, 0.15) is 25.3 Å².